The fourth-order valence-electron chi connectivity index (χ4n) is 1.38. The number of benzene rings is 1. The predicted octanol–water partition coefficient (Wildman–Crippen LogP) is 2.36. The first-order valence-corrected chi connectivity index (χ1v) is 5.43. The van der Waals surface area contributed by atoms with Crippen LogP contribution >= 0.6 is 0 Å². The van der Waals surface area contributed by atoms with Gasteiger partial charge in [-0.1, -0.05) is 51.1 Å². The second kappa shape index (κ2) is 5.29. The first-order valence-electron chi connectivity index (χ1n) is 5.43. The SMILES string of the molecule is CC(C)(C)CNC[C@H](O)c1ccccc1. The van der Waals surface area contributed by atoms with Crippen molar-refractivity contribution in [1.82, 2.24) is 5.32 Å². The van der Waals surface area contributed by atoms with E-state index >= 15 is 0 Å². The topological polar surface area (TPSA) is 32.3 Å². The van der Waals surface area contributed by atoms with Crippen LogP contribution in [0.1, 0.15) is 32.4 Å². The summed E-state index contributed by atoms with van der Waals surface area (Å²) in [5.41, 5.74) is 1.23. The molecule has 0 aromatic heterocycles. The summed E-state index contributed by atoms with van der Waals surface area (Å²) in [5, 5.41) is 13.1. The molecule has 1 aromatic carbocycles. The summed E-state index contributed by atoms with van der Waals surface area (Å²) in [5.74, 6) is 0. The Balaban J connectivity index is 2.34. The molecule has 0 fully saturated rings. The van der Waals surface area contributed by atoms with Crippen LogP contribution in [0, 0.1) is 5.41 Å². The van der Waals surface area contributed by atoms with E-state index in [1.165, 1.54) is 0 Å². The smallest absolute Gasteiger partial charge is 0.0914 e. The summed E-state index contributed by atoms with van der Waals surface area (Å²) < 4.78 is 0. The van der Waals surface area contributed by atoms with Crippen molar-refractivity contribution >= 4 is 0 Å². The van der Waals surface area contributed by atoms with Crippen molar-refractivity contribution in [2.75, 3.05) is 13.1 Å². The Morgan fingerprint density at radius 1 is 1.20 bits per heavy atom. The lowest BCUT2D eigenvalue weighted by atomic mass is 9.97. The van der Waals surface area contributed by atoms with Crippen molar-refractivity contribution < 1.29 is 5.11 Å². The zero-order valence-corrected chi connectivity index (χ0v) is 9.83. The van der Waals surface area contributed by atoms with Gasteiger partial charge in [-0.3, -0.25) is 0 Å². The highest BCUT2D eigenvalue weighted by Gasteiger charge is 2.11. The normalized spacial score (nSPS) is 13.9. The molecule has 0 saturated carbocycles. The molecule has 2 heteroatoms. The van der Waals surface area contributed by atoms with E-state index < -0.39 is 6.10 Å². The number of nitrogens with one attached hydrogen (secondary N) is 1. The Kier molecular flexibility index (Phi) is 4.30. The largest absolute Gasteiger partial charge is 0.387 e. The first kappa shape index (κ1) is 12.2. The molecule has 0 heterocycles. The zero-order chi connectivity index (χ0) is 11.3. The molecule has 2 N–H and O–H groups in total. The number of aliphatic hydroxyl groups excluding tert-OH is 1. The quantitative estimate of drug-likeness (QED) is 0.794. The Labute approximate surface area is 92.3 Å². The molecule has 1 rings (SSSR count). The number of hydrogen-bond donors (Lipinski definition) is 2. The lowest BCUT2D eigenvalue weighted by molar-refractivity contribution is 0.170. The third-order valence-corrected chi connectivity index (χ3v) is 2.18. The second-order valence-electron chi connectivity index (χ2n) is 5.12. The van der Waals surface area contributed by atoms with Gasteiger partial charge in [-0.25, -0.2) is 0 Å². The molecule has 2 nitrogen and oxygen atoms in total. The lowest BCUT2D eigenvalue weighted by Gasteiger charge is -2.20. The highest BCUT2D eigenvalue weighted by Crippen LogP contribution is 2.13. The summed E-state index contributed by atoms with van der Waals surface area (Å²) in [6, 6.07) is 9.75. The maximum absolute atomic E-state index is 9.85. The molecule has 0 aliphatic carbocycles. The lowest BCUT2D eigenvalue weighted by Crippen LogP contribution is -2.30. The van der Waals surface area contributed by atoms with E-state index in [0.29, 0.717) is 6.54 Å². The van der Waals surface area contributed by atoms with Crippen molar-refractivity contribution in [2.45, 2.75) is 26.9 Å². The second-order valence-corrected chi connectivity index (χ2v) is 5.12. The van der Waals surface area contributed by atoms with E-state index in [1.807, 2.05) is 30.3 Å². The molecule has 0 radical (unpaired) electrons. The van der Waals surface area contributed by atoms with Crippen LogP contribution in [-0.2, 0) is 0 Å². The highest BCUT2D eigenvalue weighted by molar-refractivity contribution is 5.17. The van der Waals surface area contributed by atoms with Gasteiger partial charge < -0.3 is 10.4 Å². The summed E-state index contributed by atoms with van der Waals surface area (Å²) in [4.78, 5) is 0. The summed E-state index contributed by atoms with van der Waals surface area (Å²) in [7, 11) is 0. The summed E-state index contributed by atoms with van der Waals surface area (Å²) in [6.45, 7) is 8.05. The molecule has 0 amide bonds. The van der Waals surface area contributed by atoms with Gasteiger partial charge in [0.15, 0.2) is 0 Å². The molecule has 1 atom stereocenters. The average molecular weight is 207 g/mol. The van der Waals surface area contributed by atoms with E-state index in [2.05, 4.69) is 26.1 Å². The van der Waals surface area contributed by atoms with Crippen molar-refractivity contribution in [1.29, 1.82) is 0 Å². The third-order valence-electron chi connectivity index (χ3n) is 2.18. The minimum absolute atomic E-state index is 0.260. The van der Waals surface area contributed by atoms with E-state index in [0.717, 1.165) is 12.1 Å². The van der Waals surface area contributed by atoms with Gasteiger partial charge in [-0.05, 0) is 11.0 Å². The highest BCUT2D eigenvalue weighted by atomic mass is 16.3. The van der Waals surface area contributed by atoms with Gasteiger partial charge >= 0.3 is 0 Å². The molecule has 0 saturated heterocycles. The number of rotatable bonds is 4. The van der Waals surface area contributed by atoms with Crippen LogP contribution in [-0.4, -0.2) is 18.2 Å². The van der Waals surface area contributed by atoms with Crippen molar-refractivity contribution in [3.8, 4) is 0 Å². The Hall–Kier alpha value is -0.860. The molecule has 1 aromatic rings. The monoisotopic (exact) mass is 207 g/mol. The molecule has 0 unspecified atom stereocenters. The Morgan fingerprint density at radius 2 is 1.80 bits per heavy atom. The molecule has 0 bridgehead atoms. The molecule has 0 aliphatic heterocycles. The molecule has 84 valence electrons. The van der Waals surface area contributed by atoms with E-state index in [9.17, 15) is 5.11 Å². The Morgan fingerprint density at radius 3 is 2.33 bits per heavy atom. The van der Waals surface area contributed by atoms with Crippen LogP contribution in [0.25, 0.3) is 0 Å². The standard InChI is InChI=1S/C13H21NO/c1-13(2,3)10-14-9-12(15)11-7-5-4-6-8-11/h4-8,12,14-15H,9-10H2,1-3H3/t12-/m0/s1. The van der Waals surface area contributed by atoms with Crippen LogP contribution in [0.2, 0.25) is 0 Å². The van der Waals surface area contributed by atoms with Crippen molar-refractivity contribution in [3.05, 3.63) is 35.9 Å². The maximum atomic E-state index is 9.85. The van der Waals surface area contributed by atoms with Gasteiger partial charge in [0.1, 0.15) is 0 Å². The molecule has 0 spiro atoms. The van der Waals surface area contributed by atoms with Crippen LogP contribution in [0.15, 0.2) is 30.3 Å². The van der Waals surface area contributed by atoms with Gasteiger partial charge in [-0.15, -0.1) is 0 Å². The van der Waals surface area contributed by atoms with Gasteiger partial charge in [0.25, 0.3) is 0 Å². The summed E-state index contributed by atoms with van der Waals surface area (Å²) >= 11 is 0. The van der Waals surface area contributed by atoms with Crippen LogP contribution in [0.3, 0.4) is 0 Å². The Bertz CT molecular complexity index is 276. The average Bonchev–Trinajstić information content (AvgIpc) is 2.17. The van der Waals surface area contributed by atoms with Crippen LogP contribution in [0.4, 0.5) is 0 Å². The third kappa shape index (κ3) is 4.96. The first-order chi connectivity index (χ1) is 6.99. The van der Waals surface area contributed by atoms with Gasteiger partial charge in [0.05, 0.1) is 6.10 Å². The van der Waals surface area contributed by atoms with E-state index in [-0.39, 0.29) is 5.41 Å². The fourth-order valence-corrected chi connectivity index (χ4v) is 1.38. The van der Waals surface area contributed by atoms with Gasteiger partial charge in [0.2, 0.25) is 0 Å². The van der Waals surface area contributed by atoms with E-state index in [1.54, 1.807) is 0 Å². The van der Waals surface area contributed by atoms with E-state index in [4.69, 9.17) is 0 Å². The minimum Gasteiger partial charge on any atom is -0.387 e. The minimum atomic E-state index is -0.409. The fraction of sp³-hybridized carbons (Fsp3) is 0.538. The van der Waals surface area contributed by atoms with Crippen LogP contribution in [0.5, 0.6) is 0 Å². The maximum Gasteiger partial charge on any atom is 0.0914 e. The molecule has 15 heavy (non-hydrogen) atoms. The van der Waals surface area contributed by atoms with Gasteiger partial charge in [-0.2, -0.15) is 0 Å². The van der Waals surface area contributed by atoms with Gasteiger partial charge in [0, 0.05) is 13.1 Å². The molecule has 0 aliphatic rings. The predicted molar refractivity (Wildman–Crippen MR) is 63.7 cm³/mol. The van der Waals surface area contributed by atoms with Crippen LogP contribution < -0.4 is 5.32 Å². The van der Waals surface area contributed by atoms with Crippen molar-refractivity contribution in [3.63, 3.8) is 0 Å². The molecular formula is C13H21NO. The molecular weight excluding hydrogens is 186 g/mol. The summed E-state index contributed by atoms with van der Waals surface area (Å²) in [6.07, 6.45) is -0.409. The van der Waals surface area contributed by atoms with Crippen molar-refractivity contribution in [2.24, 2.45) is 5.41 Å². The number of hydrogen-bond acceptors (Lipinski definition) is 2. The zero-order valence-electron chi connectivity index (χ0n) is 9.83. The number of aliphatic hydroxyl groups is 1.